The number of nitrogens with one attached hydrogen (secondary N) is 1. The molecule has 0 fully saturated rings. The second-order valence-corrected chi connectivity index (χ2v) is 2.11. The van der Waals surface area contributed by atoms with Gasteiger partial charge >= 0.3 is 0 Å². The summed E-state index contributed by atoms with van der Waals surface area (Å²) in [5.41, 5.74) is 0.476. The number of phenols is 1. The number of hydrogen-bond donors (Lipinski definition) is 3. The van der Waals surface area contributed by atoms with Gasteiger partial charge in [0.25, 0.3) is 0 Å². The molecule has 0 aliphatic heterocycles. The first kappa shape index (κ1) is 8.19. The van der Waals surface area contributed by atoms with Crippen molar-refractivity contribution in [1.29, 1.82) is 5.41 Å². The van der Waals surface area contributed by atoms with Crippen molar-refractivity contribution in [3.8, 4) is 5.75 Å². The fraction of sp³-hybridized carbons (Fsp3) is 0. The Labute approximate surface area is 69.0 Å². The quantitative estimate of drug-likeness (QED) is 0.190. The van der Waals surface area contributed by atoms with Crippen LogP contribution in [0.1, 0.15) is 5.56 Å². The van der Waals surface area contributed by atoms with Gasteiger partial charge in [0.15, 0.2) is 5.84 Å². The second-order valence-electron chi connectivity index (χ2n) is 2.11. The lowest BCUT2D eigenvalue weighted by Crippen LogP contribution is -1.94. The topological polar surface area (TPSA) is 94.8 Å². The molecule has 0 radical (unpaired) electrons. The molecule has 0 heterocycles. The lowest BCUT2D eigenvalue weighted by molar-refractivity contribution is 0.475. The largest absolute Gasteiger partial charge is 0.508 e. The Bertz CT molecular complexity index is 321. The molecule has 4 N–H and O–H groups in total. The zero-order chi connectivity index (χ0) is 8.97. The van der Waals surface area contributed by atoms with E-state index in [-0.39, 0.29) is 11.6 Å². The number of hydrogen-bond acceptors (Lipinski definition) is 3. The first-order valence-electron chi connectivity index (χ1n) is 3.23. The van der Waals surface area contributed by atoms with Crippen molar-refractivity contribution in [1.82, 2.24) is 0 Å². The fourth-order valence-electron chi connectivity index (χ4n) is 0.769. The van der Waals surface area contributed by atoms with Crippen molar-refractivity contribution in [2.45, 2.75) is 0 Å². The van der Waals surface area contributed by atoms with Crippen LogP contribution in [0.15, 0.2) is 34.6 Å². The summed E-state index contributed by atoms with van der Waals surface area (Å²) in [6.07, 6.45) is 0. The molecule has 0 saturated heterocycles. The van der Waals surface area contributed by atoms with Crippen LogP contribution in [0.3, 0.4) is 0 Å². The summed E-state index contributed by atoms with van der Waals surface area (Å²) in [5, 5.41) is 22.6. The Kier molecular flexibility index (Phi) is 2.37. The van der Waals surface area contributed by atoms with Crippen LogP contribution in [0.2, 0.25) is 0 Å². The number of nitrogens with two attached hydrogens (primary N) is 1. The van der Waals surface area contributed by atoms with Gasteiger partial charge in [0.1, 0.15) is 5.75 Å². The smallest absolute Gasteiger partial charge is 0.176 e. The molecular formula is C7H8N4O. The Balaban J connectivity index is 2.96. The Morgan fingerprint density at radius 3 is 2.83 bits per heavy atom. The lowest BCUT2D eigenvalue weighted by Gasteiger charge is -1.96. The zero-order valence-electron chi connectivity index (χ0n) is 6.23. The second kappa shape index (κ2) is 3.47. The van der Waals surface area contributed by atoms with Crippen LogP contribution in [0.4, 0.5) is 0 Å². The van der Waals surface area contributed by atoms with Crippen LogP contribution in [0, 0.1) is 5.41 Å². The van der Waals surface area contributed by atoms with Gasteiger partial charge in [0.2, 0.25) is 0 Å². The van der Waals surface area contributed by atoms with Crippen molar-refractivity contribution in [2.24, 2.45) is 16.2 Å². The van der Waals surface area contributed by atoms with E-state index in [2.05, 4.69) is 10.3 Å². The maximum absolute atomic E-state index is 9.03. The van der Waals surface area contributed by atoms with Crippen molar-refractivity contribution in [3.05, 3.63) is 29.8 Å². The molecule has 1 aromatic rings. The van der Waals surface area contributed by atoms with Crippen molar-refractivity contribution in [2.75, 3.05) is 0 Å². The highest BCUT2D eigenvalue weighted by atomic mass is 16.3. The molecule has 0 bridgehead atoms. The van der Waals surface area contributed by atoms with E-state index >= 15 is 0 Å². The van der Waals surface area contributed by atoms with Crippen molar-refractivity contribution >= 4 is 5.84 Å². The monoisotopic (exact) mass is 164 g/mol. The van der Waals surface area contributed by atoms with E-state index in [1.807, 2.05) is 0 Å². The number of benzene rings is 1. The standard InChI is InChI=1S/C7H8N4O/c8-7(10-11-9)5-2-1-3-6(12)4-5/h1-4,12H,(H3,8,9,10). The highest BCUT2D eigenvalue weighted by molar-refractivity contribution is 5.96. The van der Waals surface area contributed by atoms with Gasteiger partial charge in [-0.2, -0.15) is 0 Å². The van der Waals surface area contributed by atoms with Gasteiger partial charge in [0, 0.05) is 5.56 Å². The summed E-state index contributed by atoms with van der Waals surface area (Å²) in [7, 11) is 0. The molecule has 0 atom stereocenters. The maximum Gasteiger partial charge on any atom is 0.176 e. The van der Waals surface area contributed by atoms with E-state index in [0.717, 1.165) is 0 Å². The van der Waals surface area contributed by atoms with E-state index in [0.29, 0.717) is 5.56 Å². The molecule has 5 heteroatoms. The molecule has 1 aromatic carbocycles. The number of rotatable bonds is 1. The predicted molar refractivity (Wildman–Crippen MR) is 44.0 cm³/mol. The molecule has 62 valence electrons. The predicted octanol–water partition coefficient (Wildman–Crippen LogP) is 1.04. The first-order valence-corrected chi connectivity index (χ1v) is 3.23. The Morgan fingerprint density at radius 2 is 2.25 bits per heavy atom. The molecule has 5 nitrogen and oxygen atoms in total. The zero-order valence-corrected chi connectivity index (χ0v) is 6.23. The molecule has 0 aliphatic carbocycles. The average Bonchev–Trinajstić information content (AvgIpc) is 2.05. The molecule has 12 heavy (non-hydrogen) atoms. The summed E-state index contributed by atoms with van der Waals surface area (Å²) < 4.78 is 0. The van der Waals surface area contributed by atoms with Gasteiger partial charge in [-0.25, -0.2) is 0 Å². The van der Waals surface area contributed by atoms with Gasteiger partial charge in [-0.3, -0.25) is 5.41 Å². The van der Waals surface area contributed by atoms with Crippen LogP contribution >= 0.6 is 0 Å². The van der Waals surface area contributed by atoms with Gasteiger partial charge in [-0.15, -0.1) is 5.11 Å². The molecule has 0 saturated carbocycles. The number of nitrogens with zero attached hydrogens (tertiary/aromatic N) is 2. The van der Waals surface area contributed by atoms with Crippen LogP contribution in [0.25, 0.3) is 0 Å². The summed E-state index contributed by atoms with van der Waals surface area (Å²) >= 11 is 0. The highest BCUT2D eigenvalue weighted by Gasteiger charge is 1.99. The third kappa shape index (κ3) is 1.79. The van der Waals surface area contributed by atoms with Crippen molar-refractivity contribution < 1.29 is 5.11 Å². The van der Waals surface area contributed by atoms with E-state index in [4.69, 9.17) is 16.4 Å². The van der Waals surface area contributed by atoms with Gasteiger partial charge in [-0.05, 0) is 12.1 Å². The average molecular weight is 164 g/mol. The maximum atomic E-state index is 9.03. The van der Waals surface area contributed by atoms with E-state index in [1.54, 1.807) is 12.1 Å². The Morgan fingerprint density at radius 1 is 1.50 bits per heavy atom. The first-order chi connectivity index (χ1) is 5.74. The Hall–Kier alpha value is -1.91. The normalized spacial score (nSPS) is 10.3. The molecule has 0 aromatic heterocycles. The highest BCUT2D eigenvalue weighted by Crippen LogP contribution is 2.11. The molecule has 0 spiro atoms. The van der Waals surface area contributed by atoms with Gasteiger partial charge in [0.05, 0.1) is 0 Å². The molecule has 0 aliphatic rings. The van der Waals surface area contributed by atoms with E-state index in [9.17, 15) is 0 Å². The minimum absolute atomic E-state index is 0.0756. The van der Waals surface area contributed by atoms with Crippen LogP contribution in [-0.2, 0) is 0 Å². The molecule has 0 unspecified atom stereocenters. The third-order valence-electron chi connectivity index (χ3n) is 1.28. The van der Waals surface area contributed by atoms with Crippen LogP contribution in [-0.4, -0.2) is 10.9 Å². The minimum Gasteiger partial charge on any atom is -0.508 e. The van der Waals surface area contributed by atoms with Gasteiger partial charge in [-0.1, -0.05) is 17.4 Å². The summed E-state index contributed by atoms with van der Waals surface area (Å²) in [6, 6.07) is 6.18. The fourth-order valence-corrected chi connectivity index (χ4v) is 0.769. The number of phenolic OH excluding ortho intramolecular Hbond substituents is 1. The van der Waals surface area contributed by atoms with Crippen LogP contribution in [0.5, 0.6) is 5.75 Å². The molecule has 1 rings (SSSR count). The summed E-state index contributed by atoms with van der Waals surface area (Å²) in [5.74, 6) is 4.77. The lowest BCUT2D eigenvalue weighted by atomic mass is 10.2. The number of amidine groups is 1. The third-order valence-corrected chi connectivity index (χ3v) is 1.28. The molecular weight excluding hydrogens is 156 g/mol. The van der Waals surface area contributed by atoms with E-state index in [1.165, 1.54) is 12.1 Å². The molecule has 0 amide bonds. The SMILES string of the molecule is N=C(N=NN)c1cccc(O)c1. The van der Waals surface area contributed by atoms with Crippen molar-refractivity contribution in [3.63, 3.8) is 0 Å². The van der Waals surface area contributed by atoms with E-state index < -0.39 is 0 Å². The summed E-state index contributed by atoms with van der Waals surface area (Å²) in [4.78, 5) is 0. The van der Waals surface area contributed by atoms with Crippen LogP contribution < -0.4 is 5.84 Å². The van der Waals surface area contributed by atoms with Gasteiger partial charge < -0.3 is 10.9 Å². The minimum atomic E-state index is -0.0756. The summed E-state index contributed by atoms with van der Waals surface area (Å²) in [6.45, 7) is 0. The number of aromatic hydroxyl groups is 1.